The minimum atomic E-state index is 0.946. The number of benzene rings is 5. The molecule has 1 heteroatoms. The van der Waals surface area contributed by atoms with E-state index in [1.54, 1.807) is 0 Å². The topological polar surface area (TPSA) is 12.0 Å². The molecule has 0 saturated carbocycles. The molecule has 0 aromatic heterocycles. The van der Waals surface area contributed by atoms with E-state index < -0.39 is 0 Å². The number of fused-ring (bicyclic) bond motifs is 2. The summed E-state index contributed by atoms with van der Waals surface area (Å²) in [5, 5.41) is 8.62. The molecule has 5 aromatic rings. The average molecular weight is 359 g/mol. The summed E-state index contributed by atoms with van der Waals surface area (Å²) in [6.45, 7) is 0. The van der Waals surface area contributed by atoms with Gasteiger partial charge in [0.1, 0.15) is 0 Å². The van der Waals surface area contributed by atoms with E-state index in [-0.39, 0.29) is 0 Å². The maximum atomic E-state index is 3.51. The van der Waals surface area contributed by atoms with Crippen molar-refractivity contribution in [2.45, 2.75) is 6.42 Å². The zero-order chi connectivity index (χ0) is 18.8. The van der Waals surface area contributed by atoms with Gasteiger partial charge in [0, 0.05) is 11.4 Å². The van der Waals surface area contributed by atoms with Crippen molar-refractivity contribution >= 4 is 32.9 Å². The van der Waals surface area contributed by atoms with Crippen molar-refractivity contribution in [1.29, 1.82) is 0 Å². The molecule has 1 nitrogen and oxygen atoms in total. The fourth-order valence-electron chi connectivity index (χ4n) is 3.72. The van der Waals surface area contributed by atoms with E-state index in [1.807, 2.05) is 0 Å². The van der Waals surface area contributed by atoms with Crippen LogP contribution in [0.15, 0.2) is 109 Å². The molecule has 0 unspecified atom stereocenters. The Kier molecular flexibility index (Phi) is 4.27. The van der Waals surface area contributed by atoms with E-state index in [9.17, 15) is 0 Å². The zero-order valence-electron chi connectivity index (χ0n) is 15.6. The van der Waals surface area contributed by atoms with E-state index >= 15 is 0 Å². The van der Waals surface area contributed by atoms with E-state index in [0.717, 1.165) is 17.8 Å². The Morgan fingerprint density at radius 2 is 0.964 bits per heavy atom. The van der Waals surface area contributed by atoms with Crippen LogP contribution in [-0.2, 0) is 6.42 Å². The monoisotopic (exact) mass is 359 g/mol. The van der Waals surface area contributed by atoms with Gasteiger partial charge in [0.2, 0.25) is 0 Å². The molecule has 0 spiro atoms. The second kappa shape index (κ2) is 7.21. The minimum Gasteiger partial charge on any atom is -0.356 e. The maximum Gasteiger partial charge on any atom is 0.0390 e. The van der Waals surface area contributed by atoms with Crippen molar-refractivity contribution in [2.75, 3.05) is 5.32 Å². The summed E-state index contributed by atoms with van der Waals surface area (Å²) in [4.78, 5) is 0. The Bertz CT molecular complexity index is 1150. The molecular weight excluding hydrogens is 338 g/mol. The first-order valence-corrected chi connectivity index (χ1v) is 9.66. The van der Waals surface area contributed by atoms with Gasteiger partial charge in [0.15, 0.2) is 0 Å². The molecule has 0 aliphatic rings. The highest BCUT2D eigenvalue weighted by atomic mass is 14.9. The number of rotatable bonds is 4. The maximum absolute atomic E-state index is 3.51. The summed E-state index contributed by atoms with van der Waals surface area (Å²) >= 11 is 0. The number of nitrogens with one attached hydrogen (secondary N) is 1. The predicted molar refractivity (Wildman–Crippen MR) is 120 cm³/mol. The molecule has 1 N–H and O–H groups in total. The fourth-order valence-corrected chi connectivity index (χ4v) is 3.72. The van der Waals surface area contributed by atoms with E-state index in [1.165, 1.54) is 32.7 Å². The summed E-state index contributed by atoms with van der Waals surface area (Å²) < 4.78 is 0. The van der Waals surface area contributed by atoms with E-state index in [2.05, 4.69) is 115 Å². The third kappa shape index (κ3) is 3.47. The molecule has 5 rings (SSSR count). The summed E-state index contributed by atoms with van der Waals surface area (Å²) in [6.07, 6.45) is 0.946. The van der Waals surface area contributed by atoms with Crippen LogP contribution in [0.3, 0.4) is 0 Å². The minimum absolute atomic E-state index is 0.946. The van der Waals surface area contributed by atoms with Gasteiger partial charge in [0.25, 0.3) is 0 Å². The molecular formula is C27H21N. The van der Waals surface area contributed by atoms with Crippen LogP contribution < -0.4 is 5.32 Å². The lowest BCUT2D eigenvalue weighted by molar-refractivity contribution is 1.20. The third-order valence-corrected chi connectivity index (χ3v) is 5.21. The van der Waals surface area contributed by atoms with Gasteiger partial charge in [-0.25, -0.2) is 0 Å². The first-order valence-electron chi connectivity index (χ1n) is 9.66. The molecule has 0 heterocycles. The first-order chi connectivity index (χ1) is 13.8. The summed E-state index contributed by atoms with van der Waals surface area (Å²) in [7, 11) is 0. The molecule has 0 atom stereocenters. The second-order valence-corrected chi connectivity index (χ2v) is 7.24. The van der Waals surface area contributed by atoms with Crippen molar-refractivity contribution in [1.82, 2.24) is 0 Å². The average Bonchev–Trinajstić information content (AvgIpc) is 2.75. The van der Waals surface area contributed by atoms with Gasteiger partial charge in [-0.05, 0) is 63.4 Å². The fraction of sp³-hybridized carbons (Fsp3) is 0.0370. The second-order valence-electron chi connectivity index (χ2n) is 7.24. The Morgan fingerprint density at radius 1 is 0.429 bits per heavy atom. The van der Waals surface area contributed by atoms with Gasteiger partial charge < -0.3 is 5.32 Å². The molecule has 0 amide bonds. The molecule has 0 aliphatic carbocycles. The molecule has 0 fully saturated rings. The van der Waals surface area contributed by atoms with Crippen LogP contribution in [-0.4, -0.2) is 0 Å². The molecule has 0 radical (unpaired) electrons. The van der Waals surface area contributed by atoms with Crippen LogP contribution in [0.1, 0.15) is 11.1 Å². The Morgan fingerprint density at radius 3 is 1.68 bits per heavy atom. The number of anilines is 2. The molecule has 28 heavy (non-hydrogen) atoms. The van der Waals surface area contributed by atoms with Gasteiger partial charge in [-0.3, -0.25) is 0 Å². The number of hydrogen-bond donors (Lipinski definition) is 1. The van der Waals surface area contributed by atoms with Gasteiger partial charge >= 0.3 is 0 Å². The third-order valence-electron chi connectivity index (χ3n) is 5.21. The molecule has 134 valence electrons. The molecule has 0 saturated heterocycles. The Balaban J connectivity index is 1.32. The standard InChI is InChI=1S/C27H21N/c1-3-7-24-18-21(9-12-22(24)5-1)17-20-10-14-26(15-11-20)28-27-16-13-23-6-2-4-8-25(23)19-27/h1-16,18-19,28H,17H2. The first kappa shape index (κ1) is 16.6. The van der Waals surface area contributed by atoms with Crippen LogP contribution in [0.4, 0.5) is 11.4 Å². The lowest BCUT2D eigenvalue weighted by Gasteiger charge is -2.09. The SMILES string of the molecule is c1ccc2cc(Cc3ccc(Nc4ccc5ccccc5c4)cc3)ccc2c1. The predicted octanol–water partition coefficient (Wildman–Crippen LogP) is 7.33. The summed E-state index contributed by atoms with van der Waals surface area (Å²) in [6, 6.07) is 38.9. The van der Waals surface area contributed by atoms with Crippen LogP contribution in [0.25, 0.3) is 21.5 Å². The zero-order valence-corrected chi connectivity index (χ0v) is 15.6. The van der Waals surface area contributed by atoms with Crippen molar-refractivity contribution in [3.8, 4) is 0 Å². The van der Waals surface area contributed by atoms with Crippen molar-refractivity contribution in [2.24, 2.45) is 0 Å². The van der Waals surface area contributed by atoms with Gasteiger partial charge in [-0.1, -0.05) is 84.9 Å². The Labute approximate surface area is 165 Å². The lowest BCUT2D eigenvalue weighted by atomic mass is 10.0. The van der Waals surface area contributed by atoms with Crippen LogP contribution >= 0.6 is 0 Å². The van der Waals surface area contributed by atoms with Crippen LogP contribution in [0, 0.1) is 0 Å². The highest BCUT2D eigenvalue weighted by molar-refractivity contribution is 5.86. The van der Waals surface area contributed by atoms with Gasteiger partial charge in [0.05, 0.1) is 0 Å². The summed E-state index contributed by atoms with van der Waals surface area (Å²) in [5.41, 5.74) is 4.88. The lowest BCUT2D eigenvalue weighted by Crippen LogP contribution is -1.92. The summed E-state index contributed by atoms with van der Waals surface area (Å²) in [5.74, 6) is 0. The highest BCUT2D eigenvalue weighted by Gasteiger charge is 2.01. The highest BCUT2D eigenvalue weighted by Crippen LogP contribution is 2.23. The molecule has 5 aromatic carbocycles. The number of hydrogen-bond acceptors (Lipinski definition) is 1. The molecule has 0 bridgehead atoms. The van der Waals surface area contributed by atoms with Crippen molar-refractivity contribution in [3.63, 3.8) is 0 Å². The van der Waals surface area contributed by atoms with Crippen LogP contribution in [0.2, 0.25) is 0 Å². The molecule has 0 aliphatic heterocycles. The Hall–Kier alpha value is -3.58. The van der Waals surface area contributed by atoms with E-state index in [0.29, 0.717) is 0 Å². The largest absolute Gasteiger partial charge is 0.356 e. The van der Waals surface area contributed by atoms with E-state index in [4.69, 9.17) is 0 Å². The van der Waals surface area contributed by atoms with Gasteiger partial charge in [-0.15, -0.1) is 0 Å². The smallest absolute Gasteiger partial charge is 0.0390 e. The van der Waals surface area contributed by atoms with Crippen molar-refractivity contribution in [3.05, 3.63) is 120 Å². The van der Waals surface area contributed by atoms with Gasteiger partial charge in [-0.2, -0.15) is 0 Å². The quantitative estimate of drug-likeness (QED) is 0.354. The normalized spacial score (nSPS) is 11.0. The van der Waals surface area contributed by atoms with Crippen LogP contribution in [0.5, 0.6) is 0 Å². The van der Waals surface area contributed by atoms with Crippen molar-refractivity contribution < 1.29 is 0 Å².